The number of alkyl halides is 18. The van der Waals surface area contributed by atoms with Crippen LogP contribution in [-0.2, 0) is 37.1 Å². The molecule has 0 N–H and O–H groups in total. The molecule has 223 valence electrons. The van der Waals surface area contributed by atoms with Crippen molar-refractivity contribution in [1.29, 1.82) is 0 Å². The van der Waals surface area contributed by atoms with Crippen molar-refractivity contribution < 1.29 is 79.0 Å². The Morgan fingerprint density at radius 2 is 0.575 bits per heavy atom. The number of hydrogen-bond donors (Lipinski definition) is 0. The summed E-state index contributed by atoms with van der Waals surface area (Å²) < 4.78 is 238. The fourth-order valence-electron chi connectivity index (χ4n) is 2.89. The number of rotatable bonds is 3. The van der Waals surface area contributed by atoms with Gasteiger partial charge < -0.3 is 0 Å². The summed E-state index contributed by atoms with van der Waals surface area (Å²) in [5.74, 6) is 0. The molecule has 0 amide bonds. The number of hydrogen-bond acceptors (Lipinski definition) is 3. The molecule has 0 bridgehead atoms. The van der Waals surface area contributed by atoms with E-state index in [9.17, 15) is 79.0 Å². The first-order valence-electron chi connectivity index (χ1n) is 9.25. The minimum atomic E-state index is -6.53. The second-order valence-corrected chi connectivity index (χ2v) is 11.2. The first-order valence-corrected chi connectivity index (χ1v) is 12.1. The van der Waals surface area contributed by atoms with Crippen LogP contribution in [-0.4, -0.2) is 41.2 Å². The van der Waals surface area contributed by atoms with Gasteiger partial charge in [-0.1, -0.05) is 0 Å². The Morgan fingerprint density at radius 3 is 0.725 bits per heavy atom. The van der Waals surface area contributed by atoms with Crippen LogP contribution in [0.25, 0.3) is 0 Å². The molecule has 3 aromatic rings. The van der Waals surface area contributed by atoms with Crippen LogP contribution in [0.2, 0.25) is 0 Å². The van der Waals surface area contributed by atoms with Crippen molar-refractivity contribution in [2.45, 2.75) is 37.1 Å². The summed E-state index contributed by atoms with van der Waals surface area (Å²) in [6.45, 7) is 0. The zero-order valence-electron chi connectivity index (χ0n) is 17.7. The topological polar surface area (TPSA) is 53.5 Å². The average Bonchev–Trinajstić information content (AvgIpc) is 3.42. The van der Waals surface area contributed by atoms with Gasteiger partial charge in [0.15, 0.2) is 0 Å². The Bertz CT molecular complexity index is 1210. The van der Waals surface area contributed by atoms with Gasteiger partial charge in [-0.05, 0) is 0 Å². The van der Waals surface area contributed by atoms with Crippen LogP contribution in [0.1, 0.15) is 34.2 Å². The Labute approximate surface area is 210 Å². The third-order valence-electron chi connectivity index (χ3n) is 4.44. The molecule has 0 spiro atoms. The Kier molecular flexibility index (Phi) is 7.25. The van der Waals surface area contributed by atoms with Crippen LogP contribution >= 0.6 is 0 Å². The molecule has 0 aliphatic carbocycles. The summed E-state index contributed by atoms with van der Waals surface area (Å²) in [5.41, 5.74) is -16.2. The van der Waals surface area contributed by atoms with Gasteiger partial charge in [0.1, 0.15) is 0 Å². The normalized spacial score (nSPS) is 14.5. The van der Waals surface area contributed by atoms with E-state index < -0.39 is 115 Å². The van der Waals surface area contributed by atoms with E-state index in [0.717, 1.165) is 0 Å². The van der Waals surface area contributed by atoms with Crippen LogP contribution in [0, 0.1) is 0 Å². The van der Waals surface area contributed by atoms with E-state index in [-0.39, 0.29) is 0 Å². The quantitative estimate of drug-likeness (QED) is 0.240. The Morgan fingerprint density at radius 1 is 0.375 bits per heavy atom. The van der Waals surface area contributed by atoms with E-state index in [2.05, 4.69) is 15.3 Å². The third-order valence-corrected chi connectivity index (χ3v) is 8.97. The molecule has 0 unspecified atom stereocenters. The third kappa shape index (κ3) is 6.13. The van der Waals surface area contributed by atoms with E-state index in [1.165, 1.54) is 0 Å². The first kappa shape index (κ1) is 31.4. The average molecular weight is 682 g/mol. The molecule has 3 aromatic heterocycles. The van der Waals surface area contributed by atoms with Gasteiger partial charge in [-0.2, -0.15) is 0 Å². The second-order valence-electron chi connectivity index (χ2n) is 7.27. The van der Waals surface area contributed by atoms with Crippen LogP contribution in [0.5, 0.6) is 0 Å². The molecule has 0 saturated heterocycles. The van der Waals surface area contributed by atoms with Gasteiger partial charge in [0.2, 0.25) is 0 Å². The monoisotopic (exact) mass is 683 g/mol. The molecule has 3 heterocycles. The minimum absolute atomic E-state index is 0.921. The maximum atomic E-state index is 13.6. The summed E-state index contributed by atoms with van der Waals surface area (Å²) in [7, 11) is 0. The Hall–Kier alpha value is -3.09. The zero-order chi connectivity index (χ0) is 31.0. The fraction of sp³-hybridized carbons (Fsp3) is 0.400. The van der Waals surface area contributed by atoms with Gasteiger partial charge in [-0.15, -0.1) is 0 Å². The zero-order valence-corrected chi connectivity index (χ0v) is 19.8. The molecular formula is C15H3F18GeN6. The summed E-state index contributed by atoms with van der Waals surface area (Å²) in [4.78, 5) is 0. The number of nitrogens with zero attached hydrogens (tertiary/aromatic N) is 6. The second kappa shape index (κ2) is 9.22. The van der Waals surface area contributed by atoms with Crippen LogP contribution < -0.4 is 0 Å². The van der Waals surface area contributed by atoms with Crippen molar-refractivity contribution in [3.8, 4) is 0 Å². The molecule has 40 heavy (non-hydrogen) atoms. The SMILES string of the molecule is FC(F)(F)c1cc(C(F)(F)F)[n]([Ge]([n]2nc(C(F)(F)F)cc2C(F)(F)F)[n]2nc(C(F)(F)F)cc2C(F)(F)F)n1. The van der Waals surface area contributed by atoms with Gasteiger partial charge in [-0.3, -0.25) is 0 Å². The van der Waals surface area contributed by atoms with Gasteiger partial charge >= 0.3 is 210 Å². The van der Waals surface area contributed by atoms with E-state index >= 15 is 0 Å². The van der Waals surface area contributed by atoms with Crippen LogP contribution in [0.15, 0.2) is 18.2 Å². The molecule has 0 fully saturated rings. The molecule has 0 aliphatic rings. The predicted octanol–water partition coefficient (Wildman–Crippen LogP) is 6.32. The summed E-state index contributed by atoms with van der Waals surface area (Å²) in [6.07, 6.45) is -36.0. The molecule has 0 aromatic carbocycles. The number of halogens is 18. The molecule has 0 saturated carbocycles. The molecule has 0 aliphatic heterocycles. The van der Waals surface area contributed by atoms with Gasteiger partial charge in [0, 0.05) is 0 Å². The molecule has 0 atom stereocenters. The van der Waals surface area contributed by atoms with E-state index in [1.807, 2.05) is 0 Å². The first-order chi connectivity index (χ1) is 17.6. The fourth-order valence-corrected chi connectivity index (χ4v) is 7.82. The van der Waals surface area contributed by atoms with E-state index in [4.69, 9.17) is 0 Å². The van der Waals surface area contributed by atoms with Crippen molar-refractivity contribution in [2.75, 3.05) is 0 Å². The standard InChI is InChI=1S/C15H3F18GeN6/c16-10(17,18)4-1-7(13(25,26)27)38(35-4)34(39-8(14(28,29)30)2-5(36-39)11(19,20)21)40-9(15(31,32)33)3-6(37-40)12(22,23)24/h1-3H. The Balaban J connectivity index is 2.60. The summed E-state index contributed by atoms with van der Waals surface area (Å²) >= 11 is -6.53. The molecule has 6 nitrogen and oxygen atoms in total. The van der Waals surface area contributed by atoms with Crippen molar-refractivity contribution in [1.82, 2.24) is 26.2 Å². The van der Waals surface area contributed by atoms with Crippen LogP contribution in [0.3, 0.4) is 0 Å². The molecule has 1 radical (unpaired) electrons. The van der Waals surface area contributed by atoms with Crippen molar-refractivity contribution in [3.05, 3.63) is 52.4 Å². The van der Waals surface area contributed by atoms with Gasteiger partial charge in [-0.25, -0.2) is 0 Å². The number of aromatic nitrogens is 6. The maximum absolute atomic E-state index is 13.6. The van der Waals surface area contributed by atoms with Gasteiger partial charge in [0.25, 0.3) is 0 Å². The molecule has 25 heteroatoms. The van der Waals surface area contributed by atoms with Crippen molar-refractivity contribution in [3.63, 3.8) is 0 Å². The van der Waals surface area contributed by atoms with Crippen molar-refractivity contribution in [2.24, 2.45) is 0 Å². The van der Waals surface area contributed by atoms with E-state index in [0.29, 0.717) is 0 Å². The summed E-state index contributed by atoms with van der Waals surface area (Å²) in [6, 6.07) is -2.76. The molecular weight excluding hydrogens is 679 g/mol. The van der Waals surface area contributed by atoms with Crippen molar-refractivity contribution >= 4 is 15.0 Å². The predicted molar refractivity (Wildman–Crippen MR) is 88.6 cm³/mol. The molecule has 3 rings (SSSR count). The van der Waals surface area contributed by atoms with E-state index in [1.54, 1.807) is 0 Å². The van der Waals surface area contributed by atoms with Gasteiger partial charge in [0.05, 0.1) is 0 Å². The van der Waals surface area contributed by atoms with Crippen LogP contribution in [0.4, 0.5) is 79.0 Å². The summed E-state index contributed by atoms with van der Waals surface area (Å²) in [5, 5.41) is 6.95.